The van der Waals surface area contributed by atoms with Crippen LogP contribution in [0.2, 0.25) is 0 Å². The third kappa shape index (κ3) is 10.8. The van der Waals surface area contributed by atoms with Crippen LogP contribution in [0.3, 0.4) is 0 Å². The Morgan fingerprint density at radius 2 is 1.62 bits per heavy atom. The van der Waals surface area contributed by atoms with Crippen LogP contribution in [0.4, 0.5) is 0 Å². The maximum absolute atomic E-state index is 14.0. The molecule has 0 unspecified atom stereocenters. The van der Waals surface area contributed by atoms with Crippen molar-refractivity contribution in [1.29, 1.82) is 0 Å². The van der Waals surface area contributed by atoms with Crippen LogP contribution < -0.4 is 14.8 Å². The van der Waals surface area contributed by atoms with Gasteiger partial charge in [-0.25, -0.2) is 0 Å². The summed E-state index contributed by atoms with van der Waals surface area (Å²) in [6, 6.07) is 17.5. The van der Waals surface area contributed by atoms with Gasteiger partial charge in [-0.05, 0) is 98.0 Å². The summed E-state index contributed by atoms with van der Waals surface area (Å²) in [4.78, 5) is 36.1. The van der Waals surface area contributed by atoms with E-state index in [9.17, 15) is 9.59 Å². The first-order chi connectivity index (χ1) is 22.8. The fourth-order valence-corrected chi connectivity index (χ4v) is 6.10. The summed E-state index contributed by atoms with van der Waals surface area (Å²) >= 11 is 0. The summed E-state index contributed by atoms with van der Waals surface area (Å²) in [5.74, 6) is 1.89. The van der Waals surface area contributed by atoms with Gasteiger partial charge in [-0.3, -0.25) is 14.6 Å². The number of unbranched alkanes of at least 4 members (excludes halogenated alkanes) is 2. The molecule has 0 spiro atoms. The van der Waals surface area contributed by atoms with E-state index in [2.05, 4.69) is 42.0 Å². The molecule has 1 N–H and O–H groups in total. The Morgan fingerprint density at radius 3 is 2.26 bits per heavy atom. The lowest BCUT2D eigenvalue weighted by Crippen LogP contribution is -2.47. The molecule has 1 aromatic heterocycles. The van der Waals surface area contributed by atoms with Crippen LogP contribution in [-0.4, -0.2) is 73.0 Å². The highest BCUT2D eigenvalue weighted by Gasteiger charge is 2.29. The average Bonchev–Trinajstić information content (AvgIpc) is 3.10. The molecule has 8 heteroatoms. The van der Waals surface area contributed by atoms with E-state index in [0.29, 0.717) is 48.2 Å². The van der Waals surface area contributed by atoms with Gasteiger partial charge in [0.15, 0.2) is 11.5 Å². The van der Waals surface area contributed by atoms with E-state index in [-0.39, 0.29) is 17.9 Å². The van der Waals surface area contributed by atoms with Crippen LogP contribution in [0.1, 0.15) is 96.8 Å². The number of hydrogen-bond donors (Lipinski definition) is 1. The van der Waals surface area contributed by atoms with E-state index in [0.717, 1.165) is 56.4 Å². The number of ether oxygens (including phenoxy) is 2. The molecule has 3 aromatic rings. The number of likely N-dealkylation sites (tertiary alicyclic amines) is 1. The second kappa shape index (κ2) is 18.4. The number of carbonyl (C=O) groups excluding carboxylic acids is 2. The van der Waals surface area contributed by atoms with Gasteiger partial charge >= 0.3 is 0 Å². The Kier molecular flexibility index (Phi) is 14.1. The molecule has 1 aliphatic rings. The molecular weight excluding hydrogens is 588 g/mol. The van der Waals surface area contributed by atoms with Gasteiger partial charge in [0, 0.05) is 44.0 Å². The van der Waals surface area contributed by atoms with Crippen LogP contribution in [0.5, 0.6) is 11.5 Å². The van der Waals surface area contributed by atoms with E-state index in [4.69, 9.17) is 9.47 Å². The molecule has 0 aliphatic carbocycles. The fourth-order valence-electron chi connectivity index (χ4n) is 6.10. The lowest BCUT2D eigenvalue weighted by molar-refractivity contribution is 0.0540. The maximum atomic E-state index is 14.0. The van der Waals surface area contributed by atoms with Crippen LogP contribution >= 0.6 is 0 Å². The van der Waals surface area contributed by atoms with Gasteiger partial charge in [0.25, 0.3) is 11.8 Å². The largest absolute Gasteiger partial charge is 0.493 e. The normalized spacial score (nSPS) is 13.8. The number of benzene rings is 2. The molecule has 1 saturated heterocycles. The SMILES string of the molecule is CCCCCc1ccc(C(=O)N(Cc2ccc(C(=O)NCCc3ccc(OC)c(OC)c3)cc2)C2CCN(CCC(C)C)CC2)nc1. The van der Waals surface area contributed by atoms with E-state index in [1.54, 1.807) is 14.2 Å². The van der Waals surface area contributed by atoms with Crippen molar-refractivity contribution in [2.24, 2.45) is 5.92 Å². The first-order valence-corrected chi connectivity index (χ1v) is 17.4. The van der Waals surface area contributed by atoms with Crippen molar-refractivity contribution < 1.29 is 19.1 Å². The monoisotopic (exact) mass is 642 g/mol. The third-order valence-corrected chi connectivity index (χ3v) is 9.11. The van der Waals surface area contributed by atoms with Crippen molar-refractivity contribution in [1.82, 2.24) is 20.1 Å². The minimum Gasteiger partial charge on any atom is -0.493 e. The number of methoxy groups -OCH3 is 2. The van der Waals surface area contributed by atoms with Crippen LogP contribution in [0, 0.1) is 5.92 Å². The highest BCUT2D eigenvalue weighted by atomic mass is 16.5. The Bertz CT molecular complexity index is 1400. The van der Waals surface area contributed by atoms with Crippen LogP contribution in [-0.2, 0) is 19.4 Å². The summed E-state index contributed by atoms with van der Waals surface area (Å²) in [6.45, 7) is 10.8. The standard InChI is InChI=1S/C39H54N4O4/c1-6-7-8-9-31-12-16-35(41-27-31)39(45)43(34-20-24-42(25-21-34)23-19-29(2)3)28-32-10-14-33(15-11-32)38(44)40-22-18-30-13-17-36(46-4)37(26-30)47-5/h10-17,26-27,29,34H,6-9,18-25,28H2,1-5H3,(H,40,44). The first kappa shape index (κ1) is 35.9. The molecule has 0 bridgehead atoms. The molecule has 0 radical (unpaired) electrons. The van der Waals surface area contributed by atoms with Gasteiger partial charge in [0.05, 0.1) is 14.2 Å². The van der Waals surface area contributed by atoms with E-state index < -0.39 is 0 Å². The summed E-state index contributed by atoms with van der Waals surface area (Å²) in [6.07, 6.45) is 10.1. The molecular formula is C39H54N4O4. The van der Waals surface area contributed by atoms with Crippen molar-refractivity contribution in [3.63, 3.8) is 0 Å². The zero-order valence-corrected chi connectivity index (χ0v) is 29.1. The maximum Gasteiger partial charge on any atom is 0.272 e. The molecule has 1 aliphatic heterocycles. The zero-order valence-electron chi connectivity index (χ0n) is 29.1. The lowest BCUT2D eigenvalue weighted by Gasteiger charge is -2.38. The molecule has 254 valence electrons. The van der Waals surface area contributed by atoms with Gasteiger partial charge in [0.1, 0.15) is 5.69 Å². The Balaban J connectivity index is 1.39. The van der Waals surface area contributed by atoms with E-state index in [1.807, 2.05) is 59.6 Å². The van der Waals surface area contributed by atoms with Crippen molar-refractivity contribution in [2.75, 3.05) is 40.4 Å². The van der Waals surface area contributed by atoms with E-state index in [1.165, 1.54) is 24.8 Å². The smallest absolute Gasteiger partial charge is 0.272 e. The summed E-state index contributed by atoms with van der Waals surface area (Å²) in [5, 5.41) is 3.02. The molecule has 47 heavy (non-hydrogen) atoms. The second-order valence-electron chi connectivity index (χ2n) is 13.1. The number of aromatic nitrogens is 1. The van der Waals surface area contributed by atoms with Crippen molar-refractivity contribution in [3.05, 3.63) is 88.7 Å². The van der Waals surface area contributed by atoms with Gasteiger partial charge in [-0.2, -0.15) is 0 Å². The van der Waals surface area contributed by atoms with Gasteiger partial charge in [-0.15, -0.1) is 0 Å². The van der Waals surface area contributed by atoms with E-state index >= 15 is 0 Å². The number of amides is 2. The number of rotatable bonds is 17. The third-order valence-electron chi connectivity index (χ3n) is 9.11. The van der Waals surface area contributed by atoms with Crippen molar-refractivity contribution in [3.8, 4) is 11.5 Å². The summed E-state index contributed by atoms with van der Waals surface area (Å²) in [7, 11) is 3.23. The van der Waals surface area contributed by atoms with Crippen LogP contribution in [0.15, 0.2) is 60.8 Å². The molecule has 2 aromatic carbocycles. The predicted molar refractivity (Wildman–Crippen MR) is 188 cm³/mol. The number of nitrogens with one attached hydrogen (secondary N) is 1. The highest BCUT2D eigenvalue weighted by molar-refractivity contribution is 5.94. The van der Waals surface area contributed by atoms with Gasteiger partial charge < -0.3 is 24.6 Å². The number of carbonyl (C=O) groups is 2. The Hall–Kier alpha value is -3.91. The Morgan fingerprint density at radius 1 is 0.915 bits per heavy atom. The molecule has 2 amide bonds. The highest BCUT2D eigenvalue weighted by Crippen LogP contribution is 2.28. The number of aryl methyl sites for hydroxylation is 1. The minimum atomic E-state index is -0.123. The van der Waals surface area contributed by atoms with Crippen molar-refractivity contribution in [2.45, 2.75) is 84.7 Å². The molecule has 1 fully saturated rings. The number of piperidine rings is 1. The number of nitrogens with zero attached hydrogens (tertiary/aromatic N) is 3. The molecule has 2 heterocycles. The van der Waals surface area contributed by atoms with Gasteiger partial charge in [-0.1, -0.05) is 57.9 Å². The molecule has 0 saturated carbocycles. The van der Waals surface area contributed by atoms with Crippen LogP contribution in [0.25, 0.3) is 0 Å². The topological polar surface area (TPSA) is 84.0 Å². The molecule has 8 nitrogen and oxygen atoms in total. The first-order valence-electron chi connectivity index (χ1n) is 17.4. The molecule has 4 rings (SSSR count). The fraction of sp³-hybridized carbons (Fsp3) is 0.513. The van der Waals surface area contributed by atoms with Crippen molar-refractivity contribution >= 4 is 11.8 Å². The quantitative estimate of drug-likeness (QED) is 0.160. The average molecular weight is 643 g/mol. The summed E-state index contributed by atoms with van der Waals surface area (Å²) in [5.41, 5.74) is 4.32. The minimum absolute atomic E-state index is 0.0253. The molecule has 0 atom stereocenters. The number of pyridine rings is 1. The predicted octanol–water partition coefficient (Wildman–Crippen LogP) is 6.96. The second-order valence-corrected chi connectivity index (χ2v) is 13.1. The lowest BCUT2D eigenvalue weighted by atomic mass is 10.00. The Labute approximate surface area is 281 Å². The summed E-state index contributed by atoms with van der Waals surface area (Å²) < 4.78 is 10.7. The zero-order chi connectivity index (χ0) is 33.6. The number of hydrogen-bond acceptors (Lipinski definition) is 6. The van der Waals surface area contributed by atoms with Gasteiger partial charge in [0.2, 0.25) is 0 Å².